The molecule has 2 nitrogen and oxygen atoms in total. The van der Waals surface area contributed by atoms with E-state index in [1.165, 1.54) is 12.8 Å². The molecule has 2 aliphatic rings. The lowest BCUT2D eigenvalue weighted by Gasteiger charge is -2.27. The maximum absolute atomic E-state index is 12.2. The summed E-state index contributed by atoms with van der Waals surface area (Å²) in [4.78, 5) is 12.2. The van der Waals surface area contributed by atoms with Crippen molar-refractivity contribution < 1.29 is 9.53 Å². The molecule has 15 heavy (non-hydrogen) atoms. The second kappa shape index (κ2) is 4.82. The highest BCUT2D eigenvalue weighted by Crippen LogP contribution is 2.32. The average Bonchev–Trinajstić information content (AvgIpc) is 2.29. The molecule has 0 amide bonds. The van der Waals surface area contributed by atoms with Gasteiger partial charge in [-0.2, -0.15) is 0 Å². The third-order valence-corrected chi connectivity index (χ3v) is 3.56. The van der Waals surface area contributed by atoms with Gasteiger partial charge in [0.15, 0.2) is 5.78 Å². The van der Waals surface area contributed by atoms with Gasteiger partial charge in [-0.1, -0.05) is 19.8 Å². The summed E-state index contributed by atoms with van der Waals surface area (Å²) in [5, 5.41) is 0. The van der Waals surface area contributed by atoms with E-state index in [0.29, 0.717) is 5.78 Å². The molecule has 1 aliphatic heterocycles. The predicted molar refractivity (Wildman–Crippen MR) is 59.4 cm³/mol. The highest BCUT2D eigenvalue weighted by Gasteiger charge is 2.27. The van der Waals surface area contributed by atoms with E-state index in [4.69, 9.17) is 4.74 Å². The maximum Gasteiger partial charge on any atom is 0.164 e. The third kappa shape index (κ3) is 2.61. The van der Waals surface area contributed by atoms with Crippen LogP contribution in [0.2, 0.25) is 0 Å². The first kappa shape index (κ1) is 10.7. The van der Waals surface area contributed by atoms with Gasteiger partial charge in [0.1, 0.15) is 0 Å². The van der Waals surface area contributed by atoms with E-state index in [2.05, 4.69) is 6.92 Å². The van der Waals surface area contributed by atoms with Gasteiger partial charge in [0.05, 0.1) is 12.9 Å². The number of ether oxygens (including phenoxy) is 1. The summed E-state index contributed by atoms with van der Waals surface area (Å²) in [5.74, 6) is 1.36. The number of allylic oxidation sites excluding steroid dienone is 1. The van der Waals surface area contributed by atoms with E-state index in [1.807, 2.05) is 0 Å². The Kier molecular flexibility index (Phi) is 3.45. The minimum atomic E-state index is 0.279. The van der Waals surface area contributed by atoms with Gasteiger partial charge < -0.3 is 4.74 Å². The first-order chi connectivity index (χ1) is 7.27. The van der Waals surface area contributed by atoms with Crippen LogP contribution in [0, 0.1) is 11.8 Å². The highest BCUT2D eigenvalue weighted by molar-refractivity contribution is 5.97. The van der Waals surface area contributed by atoms with E-state index in [0.717, 1.165) is 43.8 Å². The van der Waals surface area contributed by atoms with Crippen LogP contribution in [0.1, 0.15) is 45.4 Å². The van der Waals surface area contributed by atoms with E-state index < -0.39 is 0 Å². The van der Waals surface area contributed by atoms with Crippen molar-refractivity contribution in [3.63, 3.8) is 0 Å². The second-order valence-electron chi connectivity index (χ2n) is 4.95. The Hall–Kier alpha value is -0.790. The molecule has 2 rings (SSSR count). The van der Waals surface area contributed by atoms with Gasteiger partial charge in [-0.15, -0.1) is 0 Å². The Bertz CT molecular complexity index is 268. The van der Waals surface area contributed by atoms with Crippen molar-refractivity contribution in [3.8, 4) is 0 Å². The van der Waals surface area contributed by atoms with Gasteiger partial charge in [0.2, 0.25) is 0 Å². The average molecular weight is 208 g/mol. The molecule has 0 radical (unpaired) electrons. The summed E-state index contributed by atoms with van der Waals surface area (Å²) >= 11 is 0. The largest absolute Gasteiger partial charge is 0.501 e. The molecule has 0 spiro atoms. The normalized spacial score (nSPS) is 31.7. The smallest absolute Gasteiger partial charge is 0.164 e. The van der Waals surface area contributed by atoms with Gasteiger partial charge in [-0.25, -0.2) is 0 Å². The highest BCUT2D eigenvalue weighted by atomic mass is 16.5. The van der Waals surface area contributed by atoms with Crippen LogP contribution in [-0.2, 0) is 9.53 Å². The predicted octanol–water partition coefficient (Wildman–Crippen LogP) is 3.08. The van der Waals surface area contributed by atoms with E-state index in [-0.39, 0.29) is 5.92 Å². The third-order valence-electron chi connectivity index (χ3n) is 3.56. The summed E-state index contributed by atoms with van der Waals surface area (Å²) in [6.45, 7) is 3.03. The Morgan fingerprint density at radius 2 is 2.27 bits per heavy atom. The lowest BCUT2D eigenvalue weighted by atomic mass is 9.78. The molecule has 1 saturated carbocycles. The van der Waals surface area contributed by atoms with Gasteiger partial charge >= 0.3 is 0 Å². The fraction of sp³-hybridized carbons (Fsp3) is 0.769. The van der Waals surface area contributed by atoms with E-state index >= 15 is 0 Å². The molecule has 0 aromatic heterocycles. The molecule has 2 heteroatoms. The minimum Gasteiger partial charge on any atom is -0.501 e. The molecule has 0 bridgehead atoms. The van der Waals surface area contributed by atoms with Crippen molar-refractivity contribution in [1.29, 1.82) is 0 Å². The van der Waals surface area contributed by atoms with Crippen LogP contribution in [0.5, 0.6) is 0 Å². The number of hydrogen-bond acceptors (Lipinski definition) is 2. The number of Topliss-reactive ketones (excluding diaryl/α,β-unsaturated/α-hetero) is 1. The molecule has 0 N–H and O–H groups in total. The molecule has 84 valence electrons. The molecule has 1 aliphatic carbocycles. The lowest BCUT2D eigenvalue weighted by molar-refractivity contribution is -0.121. The Balaban J connectivity index is 1.97. The molecule has 2 unspecified atom stereocenters. The van der Waals surface area contributed by atoms with Crippen LogP contribution >= 0.6 is 0 Å². The quantitative estimate of drug-likeness (QED) is 0.697. The summed E-state index contributed by atoms with van der Waals surface area (Å²) in [7, 11) is 0. The number of carbonyl (C=O) groups is 1. The van der Waals surface area contributed by atoms with Crippen LogP contribution < -0.4 is 0 Å². The standard InChI is InChI=1S/C13H20O2/c1-10-4-2-5-11(8-10)13(14)12-6-3-7-15-9-12/h9-11H,2-8H2,1H3. The Morgan fingerprint density at radius 3 is 2.93 bits per heavy atom. The molecule has 1 heterocycles. The van der Waals surface area contributed by atoms with Gasteiger partial charge in [0, 0.05) is 11.5 Å². The summed E-state index contributed by atoms with van der Waals surface area (Å²) in [6.07, 6.45) is 8.29. The van der Waals surface area contributed by atoms with Crippen molar-refractivity contribution in [2.24, 2.45) is 11.8 Å². The minimum absolute atomic E-state index is 0.279. The zero-order valence-electron chi connectivity index (χ0n) is 9.50. The molecule has 1 fully saturated rings. The molecular weight excluding hydrogens is 188 g/mol. The summed E-state index contributed by atoms with van der Waals surface area (Å²) in [5.41, 5.74) is 0.931. The Labute approximate surface area is 91.7 Å². The van der Waals surface area contributed by atoms with Crippen LogP contribution in [0.3, 0.4) is 0 Å². The number of carbonyl (C=O) groups excluding carboxylic acids is 1. The fourth-order valence-corrected chi connectivity index (χ4v) is 2.68. The Morgan fingerprint density at radius 1 is 1.40 bits per heavy atom. The fourth-order valence-electron chi connectivity index (χ4n) is 2.68. The second-order valence-corrected chi connectivity index (χ2v) is 4.95. The summed E-state index contributed by atoms with van der Waals surface area (Å²) < 4.78 is 5.24. The van der Waals surface area contributed by atoms with Crippen molar-refractivity contribution >= 4 is 5.78 Å². The summed E-state index contributed by atoms with van der Waals surface area (Å²) in [6, 6.07) is 0. The van der Waals surface area contributed by atoms with Crippen LogP contribution in [-0.4, -0.2) is 12.4 Å². The first-order valence-corrected chi connectivity index (χ1v) is 6.12. The van der Waals surface area contributed by atoms with Crippen molar-refractivity contribution in [1.82, 2.24) is 0 Å². The number of ketones is 1. The monoisotopic (exact) mass is 208 g/mol. The van der Waals surface area contributed by atoms with Gasteiger partial charge in [0.25, 0.3) is 0 Å². The maximum atomic E-state index is 12.2. The van der Waals surface area contributed by atoms with Crippen LogP contribution in [0.4, 0.5) is 0 Å². The van der Waals surface area contributed by atoms with Crippen molar-refractivity contribution in [3.05, 3.63) is 11.8 Å². The molecule has 0 saturated heterocycles. The first-order valence-electron chi connectivity index (χ1n) is 6.12. The lowest BCUT2D eigenvalue weighted by Crippen LogP contribution is -2.24. The van der Waals surface area contributed by atoms with Gasteiger partial charge in [-0.05, 0) is 31.6 Å². The topological polar surface area (TPSA) is 26.3 Å². The van der Waals surface area contributed by atoms with E-state index in [9.17, 15) is 4.79 Å². The number of hydrogen-bond donors (Lipinski definition) is 0. The molecule has 0 aromatic carbocycles. The molecular formula is C13H20O2. The van der Waals surface area contributed by atoms with Gasteiger partial charge in [-0.3, -0.25) is 4.79 Å². The van der Waals surface area contributed by atoms with Crippen LogP contribution in [0.25, 0.3) is 0 Å². The SMILES string of the molecule is CC1CCCC(C(=O)C2=COCCC2)C1. The van der Waals surface area contributed by atoms with Crippen molar-refractivity contribution in [2.45, 2.75) is 45.4 Å². The van der Waals surface area contributed by atoms with Crippen molar-refractivity contribution in [2.75, 3.05) is 6.61 Å². The zero-order valence-corrected chi connectivity index (χ0v) is 9.50. The van der Waals surface area contributed by atoms with E-state index in [1.54, 1.807) is 6.26 Å². The number of rotatable bonds is 2. The molecule has 2 atom stereocenters. The van der Waals surface area contributed by atoms with Crippen LogP contribution in [0.15, 0.2) is 11.8 Å². The zero-order chi connectivity index (χ0) is 10.7. The molecule has 0 aromatic rings.